The molecule has 0 heterocycles. The largest absolute Gasteiger partial charge is 0.508 e. The van der Waals surface area contributed by atoms with Crippen molar-refractivity contribution in [2.45, 2.75) is 25.6 Å². The van der Waals surface area contributed by atoms with E-state index >= 15 is 0 Å². The molecule has 23 heavy (non-hydrogen) atoms. The minimum atomic E-state index is -4.57. The zero-order valence-electron chi connectivity index (χ0n) is 12.0. The number of aromatic hydroxyl groups is 1. The average molecular weight is 394 g/mol. The number of rotatable bonds is 7. The normalized spacial score (nSPS) is 14.0. The molecule has 0 aliphatic rings. The Morgan fingerprint density at radius 3 is 2.39 bits per heavy atom. The molecule has 1 unspecified atom stereocenters. The van der Waals surface area contributed by atoms with Crippen LogP contribution in [0.5, 0.6) is 11.5 Å². The summed E-state index contributed by atoms with van der Waals surface area (Å²) in [5.74, 6) is 0.135. The standard InChI is InChI=1S/C14H14Cl3F3O3/c1-8(22-5-3-12(17)14(18,19)20)2-4-23-13-10(15)6-9(21)7-11(13)16/h3,6-8,21H,2,4-5H2,1H3/b12-3-. The highest BCUT2D eigenvalue weighted by atomic mass is 35.5. The summed E-state index contributed by atoms with van der Waals surface area (Å²) in [5, 5.41) is 8.38. The molecule has 0 saturated heterocycles. The van der Waals surface area contributed by atoms with Crippen LogP contribution in [0.3, 0.4) is 0 Å². The maximum absolute atomic E-state index is 12.1. The van der Waals surface area contributed by atoms with Gasteiger partial charge in [0.15, 0.2) is 5.75 Å². The number of hydrogen-bond acceptors (Lipinski definition) is 3. The monoisotopic (exact) mass is 392 g/mol. The van der Waals surface area contributed by atoms with E-state index in [9.17, 15) is 18.3 Å². The van der Waals surface area contributed by atoms with Gasteiger partial charge in [0.05, 0.1) is 29.4 Å². The zero-order chi connectivity index (χ0) is 17.6. The van der Waals surface area contributed by atoms with Gasteiger partial charge in [-0.15, -0.1) is 0 Å². The summed E-state index contributed by atoms with van der Waals surface area (Å²) >= 11 is 16.8. The Bertz CT molecular complexity index is 539. The number of halogens is 6. The molecule has 1 rings (SSSR count). The summed E-state index contributed by atoms with van der Waals surface area (Å²) in [6.45, 7) is 1.60. The van der Waals surface area contributed by atoms with Gasteiger partial charge in [0.1, 0.15) is 10.8 Å². The van der Waals surface area contributed by atoms with Crippen molar-refractivity contribution in [2.75, 3.05) is 13.2 Å². The van der Waals surface area contributed by atoms with Crippen molar-refractivity contribution in [3.8, 4) is 11.5 Å². The first kappa shape index (κ1) is 20.2. The van der Waals surface area contributed by atoms with Gasteiger partial charge in [0.2, 0.25) is 0 Å². The molecule has 1 aromatic carbocycles. The van der Waals surface area contributed by atoms with Gasteiger partial charge in [-0.25, -0.2) is 0 Å². The van der Waals surface area contributed by atoms with E-state index in [0.717, 1.165) is 6.08 Å². The van der Waals surface area contributed by atoms with Crippen molar-refractivity contribution in [3.05, 3.63) is 33.3 Å². The van der Waals surface area contributed by atoms with Crippen molar-refractivity contribution in [3.63, 3.8) is 0 Å². The molecule has 1 aromatic rings. The lowest BCUT2D eigenvalue weighted by Crippen LogP contribution is -2.14. The van der Waals surface area contributed by atoms with Crippen LogP contribution in [0.4, 0.5) is 13.2 Å². The molecule has 0 spiro atoms. The molecule has 0 saturated carbocycles. The SMILES string of the molecule is CC(CCOc1c(Cl)cc(O)cc1Cl)OC/C=C(\Cl)C(F)(F)F. The Balaban J connectivity index is 2.39. The molecule has 0 bridgehead atoms. The molecular formula is C14H14Cl3F3O3. The van der Waals surface area contributed by atoms with E-state index in [2.05, 4.69) is 0 Å². The van der Waals surface area contributed by atoms with E-state index in [4.69, 9.17) is 44.3 Å². The molecule has 0 aromatic heterocycles. The molecule has 0 aliphatic carbocycles. The highest BCUT2D eigenvalue weighted by molar-refractivity contribution is 6.37. The number of hydrogen-bond donors (Lipinski definition) is 1. The second-order valence-corrected chi connectivity index (χ2v) is 5.79. The molecule has 1 N–H and O–H groups in total. The summed E-state index contributed by atoms with van der Waals surface area (Å²) in [6, 6.07) is 2.57. The molecule has 0 radical (unpaired) electrons. The summed E-state index contributed by atoms with van der Waals surface area (Å²) in [4.78, 5) is 0. The second kappa shape index (κ2) is 8.87. The third kappa shape index (κ3) is 7.08. The fraction of sp³-hybridized carbons (Fsp3) is 0.429. The lowest BCUT2D eigenvalue weighted by molar-refractivity contribution is -0.0852. The van der Waals surface area contributed by atoms with Crippen LogP contribution in [0.15, 0.2) is 23.2 Å². The minimum absolute atomic E-state index is 0.0858. The number of phenols is 1. The van der Waals surface area contributed by atoms with Crippen LogP contribution in [0.1, 0.15) is 13.3 Å². The quantitative estimate of drug-likeness (QED) is 0.659. The summed E-state index contributed by atoms with van der Waals surface area (Å²) in [6.07, 6.45) is -3.78. The molecular weight excluding hydrogens is 380 g/mol. The number of alkyl halides is 3. The predicted octanol–water partition coefficient (Wildman–Crippen LogP) is 5.56. The lowest BCUT2D eigenvalue weighted by Gasteiger charge is -2.14. The van der Waals surface area contributed by atoms with Crippen LogP contribution in [-0.2, 0) is 4.74 Å². The van der Waals surface area contributed by atoms with Crippen molar-refractivity contribution in [2.24, 2.45) is 0 Å². The van der Waals surface area contributed by atoms with Gasteiger partial charge in [0.25, 0.3) is 0 Å². The Kier molecular flexibility index (Phi) is 7.80. The smallest absolute Gasteiger partial charge is 0.426 e. The molecule has 130 valence electrons. The van der Waals surface area contributed by atoms with Crippen LogP contribution in [-0.4, -0.2) is 30.6 Å². The first-order valence-corrected chi connectivity index (χ1v) is 7.60. The fourth-order valence-electron chi connectivity index (χ4n) is 1.50. The van der Waals surface area contributed by atoms with E-state index in [1.165, 1.54) is 12.1 Å². The predicted molar refractivity (Wildman–Crippen MR) is 83.6 cm³/mol. The Morgan fingerprint density at radius 2 is 1.87 bits per heavy atom. The van der Waals surface area contributed by atoms with Crippen molar-refractivity contribution >= 4 is 34.8 Å². The molecule has 1 atom stereocenters. The van der Waals surface area contributed by atoms with E-state index in [-0.39, 0.29) is 40.9 Å². The maximum Gasteiger partial charge on any atom is 0.426 e. The van der Waals surface area contributed by atoms with E-state index in [0.29, 0.717) is 6.42 Å². The zero-order valence-corrected chi connectivity index (χ0v) is 14.2. The van der Waals surface area contributed by atoms with Crippen LogP contribution in [0, 0.1) is 0 Å². The number of ether oxygens (including phenoxy) is 2. The first-order valence-electron chi connectivity index (χ1n) is 6.46. The average Bonchev–Trinajstić information content (AvgIpc) is 2.40. The third-order valence-corrected chi connectivity index (χ3v) is 3.60. The highest BCUT2D eigenvalue weighted by Gasteiger charge is 2.31. The van der Waals surface area contributed by atoms with Crippen molar-refractivity contribution in [1.29, 1.82) is 0 Å². The molecule has 0 amide bonds. The highest BCUT2D eigenvalue weighted by Crippen LogP contribution is 2.36. The van der Waals surface area contributed by atoms with Crippen molar-refractivity contribution in [1.82, 2.24) is 0 Å². The van der Waals surface area contributed by atoms with Gasteiger partial charge in [-0.3, -0.25) is 0 Å². The molecule has 9 heteroatoms. The van der Waals surface area contributed by atoms with Gasteiger partial charge < -0.3 is 14.6 Å². The fourth-order valence-corrected chi connectivity index (χ4v) is 2.14. The topological polar surface area (TPSA) is 38.7 Å². The second-order valence-electron chi connectivity index (χ2n) is 4.57. The van der Waals surface area contributed by atoms with Gasteiger partial charge in [-0.2, -0.15) is 13.2 Å². The van der Waals surface area contributed by atoms with Crippen LogP contribution >= 0.6 is 34.8 Å². The Hall–Kier alpha value is -0.820. The van der Waals surface area contributed by atoms with Crippen LogP contribution < -0.4 is 4.74 Å². The van der Waals surface area contributed by atoms with Crippen LogP contribution in [0.2, 0.25) is 10.0 Å². The summed E-state index contributed by atoms with van der Waals surface area (Å²) < 4.78 is 47.0. The van der Waals surface area contributed by atoms with E-state index in [1.54, 1.807) is 6.92 Å². The molecule has 0 fully saturated rings. The third-order valence-electron chi connectivity index (χ3n) is 2.67. The van der Waals surface area contributed by atoms with Gasteiger partial charge >= 0.3 is 6.18 Å². The lowest BCUT2D eigenvalue weighted by atomic mass is 10.3. The number of phenolic OH excluding ortho intramolecular Hbond substituents is 1. The van der Waals surface area contributed by atoms with Crippen LogP contribution in [0.25, 0.3) is 0 Å². The number of allylic oxidation sites excluding steroid dienone is 1. The van der Waals surface area contributed by atoms with E-state index < -0.39 is 11.2 Å². The van der Waals surface area contributed by atoms with Gasteiger partial charge in [0, 0.05) is 18.6 Å². The Labute approximate surface area is 146 Å². The van der Waals surface area contributed by atoms with Crippen molar-refractivity contribution < 1.29 is 27.8 Å². The first-order chi connectivity index (χ1) is 10.6. The Morgan fingerprint density at radius 1 is 1.30 bits per heavy atom. The minimum Gasteiger partial charge on any atom is -0.508 e. The van der Waals surface area contributed by atoms with E-state index in [1.807, 2.05) is 0 Å². The van der Waals surface area contributed by atoms with Gasteiger partial charge in [-0.1, -0.05) is 34.8 Å². The summed E-state index contributed by atoms with van der Waals surface area (Å²) in [7, 11) is 0. The van der Waals surface area contributed by atoms with Gasteiger partial charge in [-0.05, 0) is 13.0 Å². The molecule has 3 nitrogen and oxygen atoms in total. The maximum atomic E-state index is 12.1. The molecule has 0 aliphatic heterocycles. The number of benzene rings is 1. The summed E-state index contributed by atoms with van der Waals surface area (Å²) in [5.41, 5.74) is 0.